The SMILES string of the molecule is CC(C)CC(C)COc1cccc2c1CCC2=O. The first kappa shape index (κ1) is 13.1. The minimum atomic E-state index is 0.255. The summed E-state index contributed by atoms with van der Waals surface area (Å²) >= 11 is 0. The van der Waals surface area contributed by atoms with Gasteiger partial charge in [0.1, 0.15) is 5.75 Å². The van der Waals surface area contributed by atoms with Gasteiger partial charge < -0.3 is 4.74 Å². The summed E-state index contributed by atoms with van der Waals surface area (Å²) in [7, 11) is 0. The zero-order valence-corrected chi connectivity index (χ0v) is 11.5. The molecule has 1 aliphatic carbocycles. The van der Waals surface area contributed by atoms with Gasteiger partial charge in [-0.1, -0.05) is 32.9 Å². The molecule has 1 aromatic carbocycles. The molecule has 0 saturated carbocycles. The van der Waals surface area contributed by atoms with E-state index in [0.717, 1.165) is 29.9 Å². The van der Waals surface area contributed by atoms with E-state index in [1.807, 2.05) is 18.2 Å². The van der Waals surface area contributed by atoms with E-state index >= 15 is 0 Å². The van der Waals surface area contributed by atoms with Gasteiger partial charge in [0, 0.05) is 17.5 Å². The molecule has 0 radical (unpaired) electrons. The predicted octanol–water partition coefficient (Wildman–Crippen LogP) is 3.88. The van der Waals surface area contributed by atoms with Crippen LogP contribution >= 0.6 is 0 Å². The highest BCUT2D eigenvalue weighted by Gasteiger charge is 2.22. The quantitative estimate of drug-likeness (QED) is 0.788. The van der Waals surface area contributed by atoms with Crippen molar-refractivity contribution >= 4 is 5.78 Å². The summed E-state index contributed by atoms with van der Waals surface area (Å²) in [5, 5.41) is 0. The average Bonchev–Trinajstić information content (AvgIpc) is 2.68. The van der Waals surface area contributed by atoms with Crippen LogP contribution in [0.5, 0.6) is 5.75 Å². The van der Waals surface area contributed by atoms with Gasteiger partial charge in [0.05, 0.1) is 6.61 Å². The van der Waals surface area contributed by atoms with Crippen molar-refractivity contribution in [3.05, 3.63) is 29.3 Å². The van der Waals surface area contributed by atoms with Gasteiger partial charge in [-0.2, -0.15) is 0 Å². The first-order chi connectivity index (χ1) is 8.58. The van der Waals surface area contributed by atoms with E-state index in [9.17, 15) is 4.79 Å². The van der Waals surface area contributed by atoms with Gasteiger partial charge in [0.15, 0.2) is 5.78 Å². The number of benzene rings is 1. The first-order valence-corrected chi connectivity index (χ1v) is 6.85. The van der Waals surface area contributed by atoms with Crippen LogP contribution in [0.25, 0.3) is 0 Å². The fourth-order valence-electron chi connectivity index (χ4n) is 2.70. The Morgan fingerprint density at radius 1 is 1.22 bits per heavy atom. The number of hydrogen-bond acceptors (Lipinski definition) is 2. The van der Waals surface area contributed by atoms with E-state index in [1.165, 1.54) is 6.42 Å². The largest absolute Gasteiger partial charge is 0.493 e. The monoisotopic (exact) mass is 246 g/mol. The van der Waals surface area contributed by atoms with Gasteiger partial charge in [-0.25, -0.2) is 0 Å². The molecular weight excluding hydrogens is 224 g/mol. The third-order valence-electron chi connectivity index (χ3n) is 3.43. The minimum Gasteiger partial charge on any atom is -0.493 e. The van der Waals surface area contributed by atoms with E-state index in [2.05, 4.69) is 20.8 Å². The van der Waals surface area contributed by atoms with Gasteiger partial charge in [0.25, 0.3) is 0 Å². The summed E-state index contributed by atoms with van der Waals surface area (Å²) in [5.74, 6) is 2.42. The van der Waals surface area contributed by atoms with E-state index in [1.54, 1.807) is 0 Å². The smallest absolute Gasteiger partial charge is 0.163 e. The molecule has 2 nitrogen and oxygen atoms in total. The van der Waals surface area contributed by atoms with Crippen LogP contribution in [-0.4, -0.2) is 12.4 Å². The third-order valence-corrected chi connectivity index (χ3v) is 3.43. The lowest BCUT2D eigenvalue weighted by Gasteiger charge is -2.16. The Labute approximate surface area is 109 Å². The maximum atomic E-state index is 11.6. The molecule has 2 heteroatoms. The Bertz CT molecular complexity index is 435. The van der Waals surface area contributed by atoms with Crippen molar-refractivity contribution in [2.24, 2.45) is 11.8 Å². The van der Waals surface area contributed by atoms with Crippen LogP contribution in [0, 0.1) is 11.8 Å². The topological polar surface area (TPSA) is 26.3 Å². The van der Waals surface area contributed by atoms with E-state index in [4.69, 9.17) is 4.74 Å². The molecule has 1 unspecified atom stereocenters. The molecule has 98 valence electrons. The van der Waals surface area contributed by atoms with Crippen LogP contribution in [0.3, 0.4) is 0 Å². The van der Waals surface area contributed by atoms with Crippen molar-refractivity contribution < 1.29 is 9.53 Å². The molecule has 0 amide bonds. The lowest BCUT2D eigenvalue weighted by Crippen LogP contribution is -2.11. The zero-order chi connectivity index (χ0) is 13.1. The van der Waals surface area contributed by atoms with Gasteiger partial charge in [0.2, 0.25) is 0 Å². The van der Waals surface area contributed by atoms with Crippen LogP contribution in [0.15, 0.2) is 18.2 Å². The molecule has 1 aliphatic rings. The third kappa shape index (κ3) is 2.92. The highest BCUT2D eigenvalue weighted by Crippen LogP contribution is 2.30. The van der Waals surface area contributed by atoms with Crippen molar-refractivity contribution in [3.63, 3.8) is 0 Å². The lowest BCUT2D eigenvalue weighted by molar-refractivity contribution is 0.0994. The van der Waals surface area contributed by atoms with Crippen molar-refractivity contribution in [1.29, 1.82) is 0 Å². The zero-order valence-electron chi connectivity index (χ0n) is 11.5. The summed E-state index contributed by atoms with van der Waals surface area (Å²) in [4.78, 5) is 11.6. The summed E-state index contributed by atoms with van der Waals surface area (Å²) in [5.41, 5.74) is 1.98. The molecule has 2 rings (SSSR count). The minimum absolute atomic E-state index is 0.255. The number of Topliss-reactive ketones (excluding diaryl/α,β-unsaturated/α-hetero) is 1. The number of carbonyl (C=O) groups excluding carboxylic acids is 1. The number of carbonyl (C=O) groups is 1. The molecule has 0 spiro atoms. The molecule has 0 fully saturated rings. The lowest BCUT2D eigenvalue weighted by atomic mass is 10.00. The Hall–Kier alpha value is -1.31. The molecule has 1 atom stereocenters. The predicted molar refractivity (Wildman–Crippen MR) is 73.2 cm³/mol. The molecule has 1 aromatic rings. The van der Waals surface area contributed by atoms with Crippen molar-refractivity contribution in [2.75, 3.05) is 6.61 Å². The molecule has 0 N–H and O–H groups in total. The molecule has 18 heavy (non-hydrogen) atoms. The van der Waals surface area contributed by atoms with E-state index < -0.39 is 0 Å². The second-order valence-electron chi connectivity index (χ2n) is 5.75. The number of fused-ring (bicyclic) bond motifs is 1. The molecule has 0 bridgehead atoms. The fourth-order valence-corrected chi connectivity index (χ4v) is 2.70. The normalized spacial score (nSPS) is 15.9. The van der Waals surface area contributed by atoms with Crippen LogP contribution in [-0.2, 0) is 6.42 Å². The van der Waals surface area contributed by atoms with Gasteiger partial charge in [-0.3, -0.25) is 4.79 Å². The molecule has 0 aliphatic heterocycles. The highest BCUT2D eigenvalue weighted by atomic mass is 16.5. The maximum Gasteiger partial charge on any atom is 0.163 e. The number of ketones is 1. The van der Waals surface area contributed by atoms with Crippen molar-refractivity contribution in [1.82, 2.24) is 0 Å². The summed E-state index contributed by atoms with van der Waals surface area (Å²) < 4.78 is 5.91. The Morgan fingerprint density at radius 3 is 2.72 bits per heavy atom. The molecule has 0 saturated heterocycles. The average molecular weight is 246 g/mol. The molecule has 0 aromatic heterocycles. The number of rotatable bonds is 5. The Morgan fingerprint density at radius 2 is 2.00 bits per heavy atom. The van der Waals surface area contributed by atoms with Crippen molar-refractivity contribution in [3.8, 4) is 5.75 Å². The second kappa shape index (κ2) is 5.55. The van der Waals surface area contributed by atoms with Crippen LogP contribution in [0.1, 0.15) is 49.5 Å². The van der Waals surface area contributed by atoms with Gasteiger partial charge in [-0.05, 0) is 30.7 Å². The number of ether oxygens (including phenoxy) is 1. The highest BCUT2D eigenvalue weighted by molar-refractivity contribution is 6.01. The Kier molecular flexibility index (Phi) is 4.05. The van der Waals surface area contributed by atoms with Crippen molar-refractivity contribution in [2.45, 2.75) is 40.0 Å². The van der Waals surface area contributed by atoms with Gasteiger partial charge in [-0.15, -0.1) is 0 Å². The van der Waals surface area contributed by atoms with E-state index in [-0.39, 0.29) is 5.78 Å². The summed E-state index contributed by atoms with van der Waals surface area (Å²) in [6.45, 7) is 7.42. The van der Waals surface area contributed by atoms with Crippen LogP contribution in [0.4, 0.5) is 0 Å². The van der Waals surface area contributed by atoms with Crippen LogP contribution in [0.2, 0.25) is 0 Å². The number of hydrogen-bond donors (Lipinski definition) is 0. The molecule has 0 heterocycles. The van der Waals surface area contributed by atoms with E-state index in [0.29, 0.717) is 18.3 Å². The molecular formula is C16H22O2. The first-order valence-electron chi connectivity index (χ1n) is 6.85. The maximum absolute atomic E-state index is 11.6. The van der Waals surface area contributed by atoms with Gasteiger partial charge >= 0.3 is 0 Å². The second-order valence-corrected chi connectivity index (χ2v) is 5.75. The standard InChI is InChI=1S/C16H22O2/c1-11(2)9-12(3)10-18-16-6-4-5-13-14(16)7-8-15(13)17/h4-6,11-12H,7-10H2,1-3H3. The fraction of sp³-hybridized carbons (Fsp3) is 0.562. The summed E-state index contributed by atoms with van der Waals surface area (Å²) in [6, 6.07) is 5.82. The Balaban J connectivity index is 2.01. The van der Waals surface area contributed by atoms with Crippen LogP contribution < -0.4 is 4.74 Å². The summed E-state index contributed by atoms with van der Waals surface area (Å²) in [6.07, 6.45) is 2.65.